The third kappa shape index (κ3) is 5.67. The number of carbonyl (C=O) groups is 1. The number of piperidine rings is 1. The van der Waals surface area contributed by atoms with Crippen LogP contribution in [0.3, 0.4) is 0 Å². The predicted molar refractivity (Wildman–Crippen MR) is 116 cm³/mol. The first kappa shape index (κ1) is 21.0. The summed E-state index contributed by atoms with van der Waals surface area (Å²) < 4.78 is 25.1. The van der Waals surface area contributed by atoms with Gasteiger partial charge in [0.25, 0.3) is 0 Å². The standard InChI is InChI=1S/C23H27FN2O3S/c24-20-6-2-1-4-17(20)15-26-10-3-5-18(16-26)25-23(27)9-13-30-19-7-8-21-22(14-19)29-12-11-28-21/h1-2,4,6-8,14,18H,3,5,9-13,15-16H2,(H,25,27). The monoisotopic (exact) mass is 430 g/mol. The van der Waals surface area contributed by atoms with Gasteiger partial charge in [-0.05, 0) is 43.7 Å². The largest absolute Gasteiger partial charge is 0.486 e. The molecule has 0 bridgehead atoms. The molecular weight excluding hydrogens is 403 g/mol. The van der Waals surface area contributed by atoms with E-state index in [1.165, 1.54) is 6.07 Å². The van der Waals surface area contributed by atoms with Crippen LogP contribution >= 0.6 is 11.8 Å². The summed E-state index contributed by atoms with van der Waals surface area (Å²) in [5.74, 6) is 2.16. The molecule has 1 N–H and O–H groups in total. The van der Waals surface area contributed by atoms with E-state index in [2.05, 4.69) is 10.2 Å². The van der Waals surface area contributed by atoms with Crippen molar-refractivity contribution >= 4 is 17.7 Å². The lowest BCUT2D eigenvalue weighted by Crippen LogP contribution is -2.47. The molecule has 2 heterocycles. The van der Waals surface area contributed by atoms with E-state index in [0.717, 1.165) is 42.3 Å². The number of carbonyl (C=O) groups excluding carboxylic acids is 1. The Bertz CT molecular complexity index is 879. The SMILES string of the molecule is O=C(CCSc1ccc2c(c1)OCCO2)NC1CCCN(Cc2ccccc2F)C1. The van der Waals surface area contributed by atoms with Crippen molar-refractivity contribution in [3.8, 4) is 11.5 Å². The van der Waals surface area contributed by atoms with Crippen molar-refractivity contribution in [1.82, 2.24) is 10.2 Å². The topological polar surface area (TPSA) is 50.8 Å². The Kier molecular flexibility index (Phi) is 7.12. The molecule has 1 fully saturated rings. The van der Waals surface area contributed by atoms with Crippen molar-refractivity contribution in [1.29, 1.82) is 0 Å². The van der Waals surface area contributed by atoms with Gasteiger partial charge in [0, 0.05) is 41.8 Å². The lowest BCUT2D eigenvalue weighted by molar-refractivity contribution is -0.121. The summed E-state index contributed by atoms with van der Waals surface area (Å²) >= 11 is 1.64. The van der Waals surface area contributed by atoms with Crippen LogP contribution in [0.25, 0.3) is 0 Å². The number of hydrogen-bond donors (Lipinski definition) is 1. The maximum Gasteiger partial charge on any atom is 0.221 e. The highest BCUT2D eigenvalue weighted by Gasteiger charge is 2.22. The molecule has 1 atom stereocenters. The summed E-state index contributed by atoms with van der Waals surface area (Å²) in [6.45, 7) is 3.42. The molecule has 2 aliphatic rings. The van der Waals surface area contributed by atoms with Gasteiger partial charge in [-0.2, -0.15) is 0 Å². The van der Waals surface area contributed by atoms with Gasteiger partial charge in [-0.25, -0.2) is 4.39 Å². The molecule has 2 aliphatic heterocycles. The number of thioether (sulfide) groups is 1. The number of ether oxygens (including phenoxy) is 2. The van der Waals surface area contributed by atoms with Crippen LogP contribution in [0.5, 0.6) is 11.5 Å². The average molecular weight is 431 g/mol. The molecule has 5 nitrogen and oxygen atoms in total. The molecule has 0 radical (unpaired) electrons. The van der Waals surface area contributed by atoms with Gasteiger partial charge >= 0.3 is 0 Å². The maximum atomic E-state index is 13.9. The minimum atomic E-state index is -0.167. The first-order chi connectivity index (χ1) is 14.7. The van der Waals surface area contributed by atoms with Crippen molar-refractivity contribution in [2.45, 2.75) is 36.7 Å². The highest BCUT2D eigenvalue weighted by Crippen LogP contribution is 2.34. The molecule has 7 heteroatoms. The number of likely N-dealkylation sites (tertiary alicyclic amines) is 1. The van der Waals surface area contributed by atoms with E-state index in [9.17, 15) is 9.18 Å². The van der Waals surface area contributed by atoms with E-state index in [1.54, 1.807) is 17.8 Å². The quantitative estimate of drug-likeness (QED) is 0.676. The fraction of sp³-hybridized carbons (Fsp3) is 0.435. The van der Waals surface area contributed by atoms with Gasteiger partial charge < -0.3 is 14.8 Å². The van der Waals surface area contributed by atoms with Gasteiger partial charge in [-0.15, -0.1) is 11.8 Å². The Morgan fingerprint density at radius 2 is 2.00 bits per heavy atom. The van der Waals surface area contributed by atoms with Crippen LogP contribution in [0.1, 0.15) is 24.8 Å². The minimum Gasteiger partial charge on any atom is -0.486 e. The van der Waals surface area contributed by atoms with Crippen LogP contribution < -0.4 is 14.8 Å². The van der Waals surface area contributed by atoms with Crippen LogP contribution in [0.4, 0.5) is 4.39 Å². The molecule has 160 valence electrons. The number of benzene rings is 2. The van der Waals surface area contributed by atoms with E-state index in [4.69, 9.17) is 9.47 Å². The van der Waals surface area contributed by atoms with Gasteiger partial charge in [0.2, 0.25) is 5.91 Å². The molecular formula is C23H27FN2O3S. The molecule has 2 aromatic rings. The van der Waals surface area contributed by atoms with Crippen LogP contribution in [-0.4, -0.2) is 48.9 Å². The van der Waals surface area contributed by atoms with Crippen molar-refractivity contribution in [2.24, 2.45) is 0 Å². The number of nitrogens with one attached hydrogen (secondary N) is 1. The highest BCUT2D eigenvalue weighted by atomic mass is 32.2. The molecule has 2 aromatic carbocycles. The van der Waals surface area contributed by atoms with Gasteiger partial charge in [0.1, 0.15) is 19.0 Å². The molecule has 1 amide bonds. The number of hydrogen-bond acceptors (Lipinski definition) is 5. The van der Waals surface area contributed by atoms with E-state index >= 15 is 0 Å². The lowest BCUT2D eigenvalue weighted by Gasteiger charge is -2.33. The summed E-state index contributed by atoms with van der Waals surface area (Å²) in [5, 5.41) is 3.15. The summed E-state index contributed by atoms with van der Waals surface area (Å²) in [6, 6.07) is 12.9. The second-order valence-electron chi connectivity index (χ2n) is 7.64. The minimum absolute atomic E-state index is 0.0674. The molecule has 1 unspecified atom stereocenters. The van der Waals surface area contributed by atoms with Gasteiger partial charge in [0.15, 0.2) is 11.5 Å². The zero-order chi connectivity index (χ0) is 20.8. The van der Waals surface area contributed by atoms with Crippen LogP contribution in [-0.2, 0) is 11.3 Å². The number of fused-ring (bicyclic) bond motifs is 1. The molecule has 0 saturated carbocycles. The summed E-state index contributed by atoms with van der Waals surface area (Å²) in [6.07, 6.45) is 2.43. The summed E-state index contributed by atoms with van der Waals surface area (Å²) in [5.41, 5.74) is 0.709. The first-order valence-electron chi connectivity index (χ1n) is 10.4. The Morgan fingerprint density at radius 3 is 2.87 bits per heavy atom. The van der Waals surface area contributed by atoms with Crippen molar-refractivity contribution < 1.29 is 18.7 Å². The van der Waals surface area contributed by atoms with E-state index in [0.29, 0.717) is 37.5 Å². The lowest BCUT2D eigenvalue weighted by atomic mass is 10.0. The Hall–Kier alpha value is -2.25. The third-order valence-corrected chi connectivity index (χ3v) is 6.33. The third-order valence-electron chi connectivity index (χ3n) is 5.33. The zero-order valence-corrected chi connectivity index (χ0v) is 17.8. The Labute approximate surface area is 180 Å². The Balaban J connectivity index is 1.20. The van der Waals surface area contributed by atoms with Crippen LogP contribution in [0.15, 0.2) is 47.4 Å². The van der Waals surface area contributed by atoms with Crippen LogP contribution in [0.2, 0.25) is 0 Å². The number of nitrogens with zero attached hydrogens (tertiary/aromatic N) is 1. The summed E-state index contributed by atoms with van der Waals surface area (Å²) in [7, 11) is 0. The van der Waals surface area contributed by atoms with E-state index in [1.807, 2.05) is 30.3 Å². The summed E-state index contributed by atoms with van der Waals surface area (Å²) in [4.78, 5) is 15.7. The first-order valence-corrected chi connectivity index (χ1v) is 11.4. The predicted octanol–water partition coefficient (Wildman–Crippen LogP) is 3.86. The molecule has 0 aromatic heterocycles. The Morgan fingerprint density at radius 1 is 1.17 bits per heavy atom. The second kappa shape index (κ2) is 10.2. The van der Waals surface area contributed by atoms with Gasteiger partial charge in [0.05, 0.1) is 0 Å². The normalized spacial score (nSPS) is 18.8. The van der Waals surface area contributed by atoms with Crippen LogP contribution in [0, 0.1) is 5.82 Å². The van der Waals surface area contributed by atoms with E-state index < -0.39 is 0 Å². The smallest absolute Gasteiger partial charge is 0.221 e. The molecule has 4 rings (SSSR count). The van der Waals surface area contributed by atoms with E-state index in [-0.39, 0.29) is 17.8 Å². The second-order valence-corrected chi connectivity index (χ2v) is 8.81. The molecule has 30 heavy (non-hydrogen) atoms. The maximum absolute atomic E-state index is 13.9. The fourth-order valence-electron chi connectivity index (χ4n) is 3.86. The van der Waals surface area contributed by atoms with Gasteiger partial charge in [-0.3, -0.25) is 9.69 Å². The number of rotatable bonds is 7. The average Bonchev–Trinajstić information content (AvgIpc) is 2.75. The molecule has 0 aliphatic carbocycles. The van der Waals surface area contributed by atoms with Gasteiger partial charge in [-0.1, -0.05) is 18.2 Å². The fourth-order valence-corrected chi connectivity index (χ4v) is 4.74. The van der Waals surface area contributed by atoms with Crippen molar-refractivity contribution in [3.63, 3.8) is 0 Å². The number of amides is 1. The highest BCUT2D eigenvalue weighted by molar-refractivity contribution is 7.99. The number of halogens is 1. The molecule has 1 saturated heterocycles. The zero-order valence-electron chi connectivity index (χ0n) is 16.9. The molecule has 0 spiro atoms. The van der Waals surface area contributed by atoms with Crippen molar-refractivity contribution in [3.05, 3.63) is 53.8 Å². The van der Waals surface area contributed by atoms with Crippen molar-refractivity contribution in [2.75, 3.05) is 32.1 Å².